The molecule has 7 nitrogen and oxygen atoms in total. The molecule has 0 aliphatic carbocycles. The Hall–Kier alpha value is -2.19. The highest BCUT2D eigenvalue weighted by Gasteiger charge is 2.36. The third-order valence-corrected chi connectivity index (χ3v) is 6.46. The third kappa shape index (κ3) is 4.50. The monoisotopic (exact) mass is 379 g/mol. The number of nitrogens with zero attached hydrogens (tertiary/aromatic N) is 1. The molecule has 2 rings (SSSR count). The highest BCUT2D eigenvalue weighted by Crippen LogP contribution is 2.28. The predicted octanol–water partition coefficient (Wildman–Crippen LogP) is 0.875. The molecule has 2 N–H and O–H groups in total. The molecule has 2 amide bonds. The van der Waals surface area contributed by atoms with E-state index in [0.717, 1.165) is 5.56 Å². The Labute approximate surface area is 154 Å². The van der Waals surface area contributed by atoms with Crippen LogP contribution in [0.15, 0.2) is 35.7 Å². The summed E-state index contributed by atoms with van der Waals surface area (Å²) in [6.07, 6.45) is 2.83. The Morgan fingerprint density at radius 2 is 1.96 bits per heavy atom. The number of hydrogen-bond acceptors (Lipinski definition) is 4. The van der Waals surface area contributed by atoms with E-state index in [1.807, 2.05) is 13.0 Å². The number of amides is 2. The largest absolute Gasteiger partial charge is 0.346 e. The van der Waals surface area contributed by atoms with Crippen molar-refractivity contribution >= 4 is 21.8 Å². The summed E-state index contributed by atoms with van der Waals surface area (Å²) in [5, 5.41) is 4.91. The first-order valence-corrected chi connectivity index (χ1v) is 9.97. The van der Waals surface area contributed by atoms with Gasteiger partial charge in [0.1, 0.15) is 0 Å². The fourth-order valence-corrected chi connectivity index (χ4v) is 4.98. The number of carbonyl (C=O) groups is 2. The molecule has 142 valence electrons. The van der Waals surface area contributed by atoms with Crippen molar-refractivity contribution in [1.82, 2.24) is 14.9 Å². The predicted molar refractivity (Wildman–Crippen MR) is 99.0 cm³/mol. The van der Waals surface area contributed by atoms with Crippen LogP contribution in [0.4, 0.5) is 0 Å². The first-order chi connectivity index (χ1) is 12.3. The van der Waals surface area contributed by atoms with E-state index in [9.17, 15) is 18.0 Å². The molecule has 0 aromatic heterocycles. The number of sulfonamides is 1. The van der Waals surface area contributed by atoms with Crippen LogP contribution < -0.4 is 10.6 Å². The molecule has 1 fully saturated rings. The Bertz CT molecular complexity index is 805. The zero-order chi connectivity index (χ0) is 19.3. The van der Waals surface area contributed by atoms with Crippen molar-refractivity contribution in [3.63, 3.8) is 0 Å². The number of aryl methyl sites for hydroxylation is 2. The zero-order valence-electron chi connectivity index (χ0n) is 15.1. The highest BCUT2D eigenvalue weighted by molar-refractivity contribution is 7.89. The molecule has 1 atom stereocenters. The summed E-state index contributed by atoms with van der Waals surface area (Å²) in [5.41, 5.74) is 1.56. The quantitative estimate of drug-likeness (QED) is 0.566. The van der Waals surface area contributed by atoms with E-state index in [1.54, 1.807) is 19.1 Å². The summed E-state index contributed by atoms with van der Waals surface area (Å²) in [4.78, 5) is 23.7. The van der Waals surface area contributed by atoms with Gasteiger partial charge < -0.3 is 10.6 Å². The second-order valence-electron chi connectivity index (χ2n) is 6.39. The summed E-state index contributed by atoms with van der Waals surface area (Å²) in [7, 11) is -3.66. The minimum absolute atomic E-state index is 0.102. The standard InChI is InChI=1S/C18H25N3O4S/c1-4-9-19-17(22)18(23)20-12-15-6-5-10-21(15)26(24,25)16-11-13(2)7-8-14(16)3/h4,7-8,11,15H,1,5-6,9-10,12H2,2-3H3,(H,19,22)(H,20,23). The van der Waals surface area contributed by atoms with Crippen molar-refractivity contribution in [3.05, 3.63) is 42.0 Å². The van der Waals surface area contributed by atoms with E-state index in [1.165, 1.54) is 10.4 Å². The number of carbonyl (C=O) groups excluding carboxylic acids is 2. The number of hydrogen-bond donors (Lipinski definition) is 2. The Kier molecular flexibility index (Phi) is 6.55. The van der Waals surface area contributed by atoms with Crippen LogP contribution in [0.5, 0.6) is 0 Å². The molecule has 0 saturated carbocycles. The molecule has 1 aromatic carbocycles. The van der Waals surface area contributed by atoms with E-state index in [4.69, 9.17) is 0 Å². The average molecular weight is 379 g/mol. The molecule has 8 heteroatoms. The van der Waals surface area contributed by atoms with Crippen LogP contribution in [-0.2, 0) is 19.6 Å². The van der Waals surface area contributed by atoms with E-state index >= 15 is 0 Å². The topological polar surface area (TPSA) is 95.6 Å². The molecule has 1 unspecified atom stereocenters. The average Bonchev–Trinajstić information content (AvgIpc) is 3.08. The van der Waals surface area contributed by atoms with E-state index in [-0.39, 0.29) is 19.1 Å². The smallest absolute Gasteiger partial charge is 0.309 e. The first kappa shape index (κ1) is 20.1. The fourth-order valence-electron chi connectivity index (χ4n) is 2.98. The van der Waals surface area contributed by atoms with E-state index < -0.39 is 21.8 Å². The van der Waals surface area contributed by atoms with Gasteiger partial charge in [-0.3, -0.25) is 9.59 Å². The van der Waals surface area contributed by atoms with Crippen LogP contribution in [0.2, 0.25) is 0 Å². The molecule has 26 heavy (non-hydrogen) atoms. The van der Waals surface area contributed by atoms with Gasteiger partial charge in [-0.15, -0.1) is 6.58 Å². The van der Waals surface area contributed by atoms with Crippen molar-refractivity contribution in [2.24, 2.45) is 0 Å². The second-order valence-corrected chi connectivity index (χ2v) is 8.25. The summed E-state index contributed by atoms with van der Waals surface area (Å²) >= 11 is 0. The lowest BCUT2D eigenvalue weighted by atomic mass is 10.2. The lowest BCUT2D eigenvalue weighted by Crippen LogP contribution is -2.47. The maximum absolute atomic E-state index is 13.1. The van der Waals surface area contributed by atoms with Gasteiger partial charge in [0.15, 0.2) is 0 Å². The normalized spacial score (nSPS) is 17.7. The van der Waals surface area contributed by atoms with Crippen molar-refractivity contribution in [2.45, 2.75) is 37.6 Å². The molecule has 1 saturated heterocycles. The van der Waals surface area contributed by atoms with Crippen molar-refractivity contribution in [3.8, 4) is 0 Å². The molecule has 1 aliphatic rings. The van der Waals surface area contributed by atoms with Crippen LogP contribution in [0.1, 0.15) is 24.0 Å². The lowest BCUT2D eigenvalue weighted by Gasteiger charge is -2.25. The summed E-state index contributed by atoms with van der Waals surface area (Å²) in [6.45, 7) is 7.78. The van der Waals surface area contributed by atoms with Gasteiger partial charge in [0.05, 0.1) is 4.90 Å². The van der Waals surface area contributed by atoms with E-state index in [2.05, 4.69) is 17.2 Å². The molecule has 1 aromatic rings. The van der Waals surface area contributed by atoms with Crippen LogP contribution in [0, 0.1) is 13.8 Å². The van der Waals surface area contributed by atoms with Crippen LogP contribution in [0.3, 0.4) is 0 Å². The van der Waals surface area contributed by atoms with Crippen molar-refractivity contribution < 1.29 is 18.0 Å². The number of rotatable bonds is 6. The molecule has 0 radical (unpaired) electrons. The van der Waals surface area contributed by atoms with Crippen LogP contribution in [-0.4, -0.2) is 50.2 Å². The van der Waals surface area contributed by atoms with Gasteiger partial charge in [0.25, 0.3) is 0 Å². The number of nitrogens with one attached hydrogen (secondary N) is 2. The second kappa shape index (κ2) is 8.46. The van der Waals surface area contributed by atoms with Gasteiger partial charge in [-0.05, 0) is 43.9 Å². The Balaban J connectivity index is 2.09. The SMILES string of the molecule is C=CCNC(=O)C(=O)NCC1CCCN1S(=O)(=O)c1cc(C)ccc1C. The zero-order valence-corrected chi connectivity index (χ0v) is 15.9. The summed E-state index contributed by atoms with van der Waals surface area (Å²) < 4.78 is 27.5. The van der Waals surface area contributed by atoms with Gasteiger partial charge in [-0.2, -0.15) is 4.31 Å². The molecule has 1 heterocycles. The highest BCUT2D eigenvalue weighted by atomic mass is 32.2. The molecular weight excluding hydrogens is 354 g/mol. The maximum atomic E-state index is 13.1. The minimum atomic E-state index is -3.66. The molecule has 0 bridgehead atoms. The number of benzene rings is 1. The first-order valence-electron chi connectivity index (χ1n) is 8.53. The fraction of sp³-hybridized carbons (Fsp3) is 0.444. The van der Waals surface area contributed by atoms with Crippen LogP contribution in [0.25, 0.3) is 0 Å². The van der Waals surface area contributed by atoms with Gasteiger partial charge in [0, 0.05) is 25.7 Å². The Morgan fingerprint density at radius 3 is 2.65 bits per heavy atom. The molecular formula is C18H25N3O4S. The Morgan fingerprint density at radius 1 is 1.27 bits per heavy atom. The van der Waals surface area contributed by atoms with Crippen LogP contribution >= 0.6 is 0 Å². The summed E-state index contributed by atoms with van der Waals surface area (Å²) in [6, 6.07) is 4.97. The summed E-state index contributed by atoms with van der Waals surface area (Å²) in [5.74, 6) is -1.53. The molecule has 0 spiro atoms. The van der Waals surface area contributed by atoms with Gasteiger partial charge in [-0.1, -0.05) is 18.2 Å². The third-order valence-electron chi connectivity index (χ3n) is 4.36. The van der Waals surface area contributed by atoms with Gasteiger partial charge in [0.2, 0.25) is 10.0 Å². The van der Waals surface area contributed by atoms with Crippen molar-refractivity contribution in [2.75, 3.05) is 19.6 Å². The van der Waals surface area contributed by atoms with E-state index in [0.29, 0.717) is 29.8 Å². The van der Waals surface area contributed by atoms with Crippen molar-refractivity contribution in [1.29, 1.82) is 0 Å². The maximum Gasteiger partial charge on any atom is 0.309 e. The minimum Gasteiger partial charge on any atom is -0.346 e. The van der Waals surface area contributed by atoms with Gasteiger partial charge >= 0.3 is 11.8 Å². The lowest BCUT2D eigenvalue weighted by molar-refractivity contribution is -0.139. The van der Waals surface area contributed by atoms with Gasteiger partial charge in [-0.25, -0.2) is 8.42 Å². The molecule has 1 aliphatic heterocycles.